The summed E-state index contributed by atoms with van der Waals surface area (Å²) in [6.45, 7) is 2.27. The van der Waals surface area contributed by atoms with Crippen molar-refractivity contribution in [1.29, 1.82) is 0 Å². The van der Waals surface area contributed by atoms with Gasteiger partial charge < -0.3 is 15.2 Å². The average Bonchev–Trinajstić information content (AvgIpc) is 2.38. The van der Waals surface area contributed by atoms with Crippen LogP contribution >= 0.6 is 0 Å². The van der Waals surface area contributed by atoms with Crippen LogP contribution in [0.5, 0.6) is 11.5 Å². The maximum absolute atomic E-state index is 9.22. The molecule has 2 rings (SSSR count). The summed E-state index contributed by atoms with van der Waals surface area (Å²) in [7, 11) is 0. The molecular formula is C15H17NO2. The highest BCUT2D eigenvalue weighted by molar-refractivity contribution is 5.49. The van der Waals surface area contributed by atoms with Crippen molar-refractivity contribution in [1.82, 2.24) is 0 Å². The molecule has 0 amide bonds. The molecule has 0 aliphatic heterocycles. The van der Waals surface area contributed by atoms with Crippen LogP contribution in [-0.2, 0) is 0 Å². The predicted molar refractivity (Wildman–Crippen MR) is 73.1 cm³/mol. The molecule has 0 spiro atoms. The number of hydrogen-bond donors (Lipinski definition) is 2. The Morgan fingerprint density at radius 2 is 1.78 bits per heavy atom. The number of para-hydroxylation sites is 1. The quantitative estimate of drug-likeness (QED) is 0.846. The zero-order valence-electron chi connectivity index (χ0n) is 10.3. The standard InChI is InChI=1S/C15H17NO2/c1-12(17)11-16-13-6-5-9-15(10-13)18-14-7-3-2-4-8-14/h2-10,12,16-17H,11H2,1H3/t12-/m0/s1. The van der Waals surface area contributed by atoms with Gasteiger partial charge in [-0.3, -0.25) is 0 Å². The smallest absolute Gasteiger partial charge is 0.129 e. The summed E-state index contributed by atoms with van der Waals surface area (Å²) in [6.07, 6.45) is -0.372. The van der Waals surface area contributed by atoms with Crippen LogP contribution in [0.15, 0.2) is 54.6 Å². The normalized spacial score (nSPS) is 11.9. The topological polar surface area (TPSA) is 41.5 Å². The van der Waals surface area contributed by atoms with Crippen LogP contribution in [-0.4, -0.2) is 17.8 Å². The molecule has 0 aliphatic rings. The van der Waals surface area contributed by atoms with Crippen LogP contribution in [0.4, 0.5) is 5.69 Å². The molecule has 3 nitrogen and oxygen atoms in total. The highest BCUT2D eigenvalue weighted by Gasteiger charge is 2.00. The fourth-order valence-electron chi connectivity index (χ4n) is 1.56. The van der Waals surface area contributed by atoms with E-state index < -0.39 is 0 Å². The van der Waals surface area contributed by atoms with Gasteiger partial charge in [0, 0.05) is 18.3 Å². The second-order valence-electron chi connectivity index (χ2n) is 4.17. The lowest BCUT2D eigenvalue weighted by atomic mass is 10.3. The summed E-state index contributed by atoms with van der Waals surface area (Å²) in [6, 6.07) is 17.3. The molecule has 2 aromatic rings. The van der Waals surface area contributed by atoms with E-state index in [1.165, 1.54) is 0 Å². The summed E-state index contributed by atoms with van der Waals surface area (Å²) < 4.78 is 5.72. The number of nitrogens with one attached hydrogen (secondary N) is 1. The fraction of sp³-hybridized carbons (Fsp3) is 0.200. The molecule has 3 heteroatoms. The Balaban J connectivity index is 2.03. The Kier molecular flexibility index (Phi) is 4.20. The molecule has 2 N–H and O–H groups in total. The van der Waals surface area contributed by atoms with E-state index in [1.54, 1.807) is 6.92 Å². The molecule has 0 bridgehead atoms. The van der Waals surface area contributed by atoms with E-state index in [0.717, 1.165) is 17.2 Å². The third kappa shape index (κ3) is 3.79. The fourth-order valence-corrected chi connectivity index (χ4v) is 1.56. The summed E-state index contributed by atoms with van der Waals surface area (Å²) in [4.78, 5) is 0. The lowest BCUT2D eigenvalue weighted by Crippen LogP contribution is -2.15. The van der Waals surface area contributed by atoms with Crippen molar-refractivity contribution in [3.8, 4) is 11.5 Å². The number of aliphatic hydroxyl groups excluding tert-OH is 1. The largest absolute Gasteiger partial charge is 0.457 e. The monoisotopic (exact) mass is 243 g/mol. The van der Waals surface area contributed by atoms with Crippen molar-refractivity contribution >= 4 is 5.69 Å². The Morgan fingerprint density at radius 3 is 2.50 bits per heavy atom. The van der Waals surface area contributed by atoms with Crippen molar-refractivity contribution in [2.75, 3.05) is 11.9 Å². The molecule has 2 aromatic carbocycles. The maximum Gasteiger partial charge on any atom is 0.129 e. The minimum absolute atomic E-state index is 0.372. The van der Waals surface area contributed by atoms with Gasteiger partial charge in [0.2, 0.25) is 0 Å². The Labute approximate surface area is 107 Å². The minimum Gasteiger partial charge on any atom is -0.457 e. The third-order valence-corrected chi connectivity index (χ3v) is 2.41. The minimum atomic E-state index is -0.372. The first-order valence-electron chi connectivity index (χ1n) is 5.99. The van der Waals surface area contributed by atoms with Gasteiger partial charge in [-0.1, -0.05) is 24.3 Å². The summed E-state index contributed by atoms with van der Waals surface area (Å²) in [5.41, 5.74) is 0.935. The van der Waals surface area contributed by atoms with Gasteiger partial charge in [0.15, 0.2) is 0 Å². The Morgan fingerprint density at radius 1 is 1.06 bits per heavy atom. The average molecular weight is 243 g/mol. The van der Waals surface area contributed by atoms with E-state index in [2.05, 4.69) is 5.32 Å². The molecular weight excluding hydrogens is 226 g/mol. The molecule has 0 aliphatic carbocycles. The summed E-state index contributed by atoms with van der Waals surface area (Å²) >= 11 is 0. The van der Waals surface area contributed by atoms with E-state index in [9.17, 15) is 5.11 Å². The lowest BCUT2D eigenvalue weighted by molar-refractivity contribution is 0.208. The zero-order chi connectivity index (χ0) is 12.8. The van der Waals surface area contributed by atoms with Gasteiger partial charge in [-0.25, -0.2) is 0 Å². The molecule has 0 saturated carbocycles. The molecule has 0 unspecified atom stereocenters. The third-order valence-electron chi connectivity index (χ3n) is 2.41. The Hall–Kier alpha value is -2.00. The first-order valence-corrected chi connectivity index (χ1v) is 5.99. The predicted octanol–water partition coefficient (Wildman–Crippen LogP) is 3.27. The highest BCUT2D eigenvalue weighted by Crippen LogP contribution is 2.23. The van der Waals surface area contributed by atoms with Crippen LogP contribution in [0.25, 0.3) is 0 Å². The van der Waals surface area contributed by atoms with Gasteiger partial charge >= 0.3 is 0 Å². The summed E-state index contributed by atoms with van der Waals surface area (Å²) in [5.74, 6) is 1.59. The van der Waals surface area contributed by atoms with Crippen molar-refractivity contribution < 1.29 is 9.84 Å². The number of aliphatic hydroxyl groups is 1. The molecule has 18 heavy (non-hydrogen) atoms. The van der Waals surface area contributed by atoms with Crippen molar-refractivity contribution in [2.24, 2.45) is 0 Å². The van der Waals surface area contributed by atoms with E-state index >= 15 is 0 Å². The van der Waals surface area contributed by atoms with Crippen LogP contribution in [0.1, 0.15) is 6.92 Å². The van der Waals surface area contributed by atoms with Gasteiger partial charge in [-0.2, -0.15) is 0 Å². The Bertz CT molecular complexity index is 483. The van der Waals surface area contributed by atoms with Crippen LogP contribution in [0, 0.1) is 0 Å². The van der Waals surface area contributed by atoms with Gasteiger partial charge in [-0.05, 0) is 31.2 Å². The van der Waals surface area contributed by atoms with Gasteiger partial charge in [0.1, 0.15) is 11.5 Å². The first-order chi connectivity index (χ1) is 8.74. The molecule has 0 fully saturated rings. The van der Waals surface area contributed by atoms with Crippen LogP contribution in [0.3, 0.4) is 0 Å². The number of rotatable bonds is 5. The second kappa shape index (κ2) is 6.07. The number of hydrogen-bond acceptors (Lipinski definition) is 3. The van der Waals surface area contributed by atoms with E-state index in [-0.39, 0.29) is 6.10 Å². The molecule has 0 saturated heterocycles. The molecule has 94 valence electrons. The van der Waals surface area contributed by atoms with Gasteiger partial charge in [0.05, 0.1) is 6.10 Å². The van der Waals surface area contributed by atoms with E-state index in [4.69, 9.17) is 4.74 Å². The lowest BCUT2D eigenvalue weighted by Gasteiger charge is -2.10. The molecule has 0 aromatic heterocycles. The second-order valence-corrected chi connectivity index (χ2v) is 4.17. The van der Waals surface area contributed by atoms with Crippen molar-refractivity contribution in [3.63, 3.8) is 0 Å². The zero-order valence-corrected chi connectivity index (χ0v) is 10.3. The van der Waals surface area contributed by atoms with Crippen molar-refractivity contribution in [3.05, 3.63) is 54.6 Å². The SMILES string of the molecule is C[C@H](O)CNc1cccc(Oc2ccccc2)c1. The van der Waals surface area contributed by atoms with Crippen molar-refractivity contribution in [2.45, 2.75) is 13.0 Å². The molecule has 0 radical (unpaired) electrons. The van der Waals surface area contributed by atoms with Crippen LogP contribution < -0.4 is 10.1 Å². The number of ether oxygens (including phenoxy) is 1. The van der Waals surface area contributed by atoms with Gasteiger partial charge in [0.25, 0.3) is 0 Å². The first kappa shape index (κ1) is 12.5. The van der Waals surface area contributed by atoms with Gasteiger partial charge in [-0.15, -0.1) is 0 Å². The van der Waals surface area contributed by atoms with E-state index in [1.807, 2.05) is 54.6 Å². The molecule has 0 heterocycles. The maximum atomic E-state index is 9.22. The highest BCUT2D eigenvalue weighted by atomic mass is 16.5. The van der Waals surface area contributed by atoms with E-state index in [0.29, 0.717) is 6.54 Å². The number of benzene rings is 2. The molecule has 1 atom stereocenters. The number of anilines is 1. The van der Waals surface area contributed by atoms with Crippen LogP contribution in [0.2, 0.25) is 0 Å². The summed E-state index contributed by atoms with van der Waals surface area (Å²) in [5, 5.41) is 12.4.